The normalized spacial score (nSPS) is 11.4. The van der Waals surface area contributed by atoms with E-state index in [0.717, 1.165) is 21.2 Å². The Hall–Kier alpha value is -1.76. The quantitative estimate of drug-likeness (QED) is 0.499. The fourth-order valence-electron chi connectivity index (χ4n) is 2.28. The van der Waals surface area contributed by atoms with Crippen molar-refractivity contribution < 1.29 is 0 Å². The Balaban J connectivity index is 1.76. The summed E-state index contributed by atoms with van der Waals surface area (Å²) in [6, 6.07) is 11.1. The number of halogens is 3. The number of rotatable bonds is 2. The van der Waals surface area contributed by atoms with Crippen LogP contribution in [0.2, 0.25) is 10.0 Å². The van der Waals surface area contributed by atoms with Gasteiger partial charge in [-0.15, -0.1) is 0 Å². The Morgan fingerprint density at radius 2 is 1.82 bits per heavy atom. The van der Waals surface area contributed by atoms with E-state index in [1.165, 1.54) is 0 Å². The van der Waals surface area contributed by atoms with Gasteiger partial charge < -0.3 is 5.32 Å². The second-order valence-electron chi connectivity index (χ2n) is 4.74. The third-order valence-corrected chi connectivity index (χ3v) is 4.08. The van der Waals surface area contributed by atoms with Gasteiger partial charge in [-0.05, 0) is 36.4 Å². The van der Waals surface area contributed by atoms with Crippen LogP contribution in [-0.2, 0) is 0 Å². The lowest BCUT2D eigenvalue weighted by Crippen LogP contribution is -1.93. The standard InChI is InChI=1S/C14H8BrCl2N5/c15-7-1-2-12-11(3-7)19-14-20-13(21-22(12)14)18-10-5-8(16)4-9(17)6-10/h1-6H,(H2,18,19,20,21). The minimum absolute atomic E-state index is 0.557. The number of nitrogens with zero attached hydrogens (tertiary/aromatic N) is 3. The fourth-order valence-corrected chi connectivity index (χ4v) is 3.15. The van der Waals surface area contributed by atoms with Gasteiger partial charge in [-0.3, -0.25) is 5.10 Å². The van der Waals surface area contributed by atoms with Crippen molar-refractivity contribution in [3.63, 3.8) is 0 Å². The SMILES string of the molecule is Clc1cc(Cl)cc(Nc2nc3nc4cc(Br)ccc4n3[nH]2)c1. The highest BCUT2D eigenvalue weighted by Crippen LogP contribution is 2.25. The number of hydrogen-bond donors (Lipinski definition) is 2. The Bertz CT molecular complexity index is 987. The molecule has 2 heterocycles. The molecule has 0 unspecified atom stereocenters. The van der Waals surface area contributed by atoms with Crippen LogP contribution in [0, 0.1) is 0 Å². The van der Waals surface area contributed by atoms with Crippen molar-refractivity contribution in [3.05, 3.63) is 50.9 Å². The number of hydrogen-bond acceptors (Lipinski definition) is 3. The number of aromatic nitrogens is 4. The van der Waals surface area contributed by atoms with Gasteiger partial charge in [0, 0.05) is 20.2 Å². The van der Waals surface area contributed by atoms with Gasteiger partial charge in [0.2, 0.25) is 5.95 Å². The number of fused-ring (bicyclic) bond motifs is 3. The van der Waals surface area contributed by atoms with E-state index in [1.807, 2.05) is 22.7 Å². The summed E-state index contributed by atoms with van der Waals surface area (Å²) in [5, 5.41) is 7.40. The Labute approximate surface area is 143 Å². The zero-order valence-electron chi connectivity index (χ0n) is 10.9. The smallest absolute Gasteiger partial charge is 0.253 e. The molecule has 0 saturated heterocycles. The van der Waals surface area contributed by atoms with E-state index in [2.05, 4.69) is 36.3 Å². The first-order chi connectivity index (χ1) is 10.6. The minimum atomic E-state index is 0.557. The summed E-state index contributed by atoms with van der Waals surface area (Å²) in [4.78, 5) is 8.89. The van der Waals surface area contributed by atoms with E-state index in [9.17, 15) is 0 Å². The van der Waals surface area contributed by atoms with Gasteiger partial charge in [0.1, 0.15) is 0 Å². The number of aromatic amines is 1. The molecule has 8 heteroatoms. The molecule has 4 aromatic rings. The second-order valence-corrected chi connectivity index (χ2v) is 6.52. The number of imidazole rings is 1. The average molecular weight is 397 g/mol. The highest BCUT2D eigenvalue weighted by molar-refractivity contribution is 9.10. The predicted molar refractivity (Wildman–Crippen MR) is 92.3 cm³/mol. The van der Waals surface area contributed by atoms with Crippen molar-refractivity contribution in [2.45, 2.75) is 0 Å². The molecule has 0 aliphatic rings. The summed E-state index contributed by atoms with van der Waals surface area (Å²) in [6.07, 6.45) is 0. The number of nitrogens with one attached hydrogen (secondary N) is 2. The van der Waals surface area contributed by atoms with Gasteiger partial charge in [0.05, 0.1) is 11.0 Å². The van der Waals surface area contributed by atoms with E-state index >= 15 is 0 Å². The molecule has 110 valence electrons. The molecule has 0 atom stereocenters. The molecule has 0 aliphatic carbocycles. The van der Waals surface area contributed by atoms with E-state index in [-0.39, 0.29) is 0 Å². The first kappa shape index (κ1) is 13.9. The van der Waals surface area contributed by atoms with Crippen LogP contribution in [0.25, 0.3) is 16.8 Å². The molecule has 4 rings (SSSR count). The van der Waals surface area contributed by atoms with Gasteiger partial charge in [-0.25, -0.2) is 9.50 Å². The van der Waals surface area contributed by atoms with E-state index < -0.39 is 0 Å². The fraction of sp³-hybridized carbons (Fsp3) is 0. The molecular formula is C14H8BrCl2N5. The molecule has 2 N–H and O–H groups in total. The highest BCUT2D eigenvalue weighted by atomic mass is 79.9. The van der Waals surface area contributed by atoms with Crippen molar-refractivity contribution in [1.29, 1.82) is 0 Å². The van der Waals surface area contributed by atoms with Gasteiger partial charge in [0.15, 0.2) is 0 Å². The molecule has 2 aromatic heterocycles. The lowest BCUT2D eigenvalue weighted by Gasteiger charge is -2.03. The van der Waals surface area contributed by atoms with Crippen molar-refractivity contribution >= 4 is 67.6 Å². The number of benzene rings is 2. The molecule has 0 fully saturated rings. The maximum atomic E-state index is 5.99. The Morgan fingerprint density at radius 3 is 2.59 bits per heavy atom. The zero-order valence-corrected chi connectivity index (χ0v) is 14.0. The molecule has 0 amide bonds. The summed E-state index contributed by atoms with van der Waals surface area (Å²) < 4.78 is 2.80. The first-order valence-electron chi connectivity index (χ1n) is 6.35. The maximum Gasteiger partial charge on any atom is 0.253 e. The van der Waals surface area contributed by atoms with Crippen LogP contribution in [0.5, 0.6) is 0 Å². The van der Waals surface area contributed by atoms with Gasteiger partial charge in [-0.1, -0.05) is 39.1 Å². The maximum absolute atomic E-state index is 5.99. The van der Waals surface area contributed by atoms with Crippen LogP contribution in [0.15, 0.2) is 40.9 Å². The molecule has 5 nitrogen and oxygen atoms in total. The number of H-pyrrole nitrogens is 1. The molecule has 0 spiro atoms. The largest absolute Gasteiger partial charge is 0.324 e. The summed E-state index contributed by atoms with van der Waals surface area (Å²) in [6.45, 7) is 0. The number of anilines is 2. The molecule has 0 saturated carbocycles. The summed E-state index contributed by atoms with van der Waals surface area (Å²) in [7, 11) is 0. The molecule has 0 aliphatic heterocycles. The monoisotopic (exact) mass is 395 g/mol. The molecular weight excluding hydrogens is 389 g/mol. The van der Waals surface area contributed by atoms with E-state index in [1.54, 1.807) is 18.2 Å². The van der Waals surface area contributed by atoms with Crippen LogP contribution < -0.4 is 5.32 Å². The van der Waals surface area contributed by atoms with Gasteiger partial charge in [-0.2, -0.15) is 4.98 Å². The third-order valence-electron chi connectivity index (χ3n) is 3.15. The topological polar surface area (TPSA) is 58.0 Å². The van der Waals surface area contributed by atoms with Gasteiger partial charge >= 0.3 is 0 Å². The van der Waals surface area contributed by atoms with Crippen molar-refractivity contribution in [3.8, 4) is 0 Å². The van der Waals surface area contributed by atoms with Crippen molar-refractivity contribution in [2.75, 3.05) is 5.32 Å². The molecule has 2 aromatic carbocycles. The Morgan fingerprint density at radius 1 is 1.05 bits per heavy atom. The molecule has 22 heavy (non-hydrogen) atoms. The second kappa shape index (κ2) is 5.15. The van der Waals surface area contributed by atoms with Crippen LogP contribution in [0.1, 0.15) is 0 Å². The zero-order chi connectivity index (χ0) is 15.3. The lowest BCUT2D eigenvalue weighted by atomic mass is 10.3. The molecule has 0 radical (unpaired) electrons. The van der Waals surface area contributed by atoms with Gasteiger partial charge in [0.25, 0.3) is 5.78 Å². The summed E-state index contributed by atoms with van der Waals surface area (Å²) in [5.74, 6) is 1.15. The van der Waals surface area contributed by atoms with Crippen molar-refractivity contribution in [1.82, 2.24) is 19.6 Å². The highest BCUT2D eigenvalue weighted by Gasteiger charge is 2.10. The summed E-state index contributed by atoms with van der Waals surface area (Å²) in [5.41, 5.74) is 2.56. The predicted octanol–water partition coefficient (Wildman–Crippen LogP) is 5.02. The van der Waals surface area contributed by atoms with Crippen LogP contribution in [0.3, 0.4) is 0 Å². The van der Waals surface area contributed by atoms with Crippen LogP contribution in [-0.4, -0.2) is 19.6 Å². The van der Waals surface area contributed by atoms with Crippen LogP contribution >= 0.6 is 39.1 Å². The first-order valence-corrected chi connectivity index (χ1v) is 7.90. The third kappa shape index (κ3) is 2.43. The van der Waals surface area contributed by atoms with E-state index in [4.69, 9.17) is 23.2 Å². The summed E-state index contributed by atoms with van der Waals surface area (Å²) >= 11 is 15.4. The van der Waals surface area contributed by atoms with Crippen LogP contribution in [0.4, 0.5) is 11.6 Å². The Kier molecular flexibility index (Phi) is 3.25. The van der Waals surface area contributed by atoms with Crippen molar-refractivity contribution in [2.24, 2.45) is 0 Å². The molecule has 0 bridgehead atoms. The minimum Gasteiger partial charge on any atom is -0.324 e. The van der Waals surface area contributed by atoms with E-state index in [0.29, 0.717) is 21.8 Å². The lowest BCUT2D eigenvalue weighted by molar-refractivity contribution is 1.01. The average Bonchev–Trinajstić information content (AvgIpc) is 2.93.